The van der Waals surface area contributed by atoms with Crippen LogP contribution < -0.4 is 0 Å². The summed E-state index contributed by atoms with van der Waals surface area (Å²) in [5.41, 5.74) is -2.71. The Kier molecular flexibility index (Phi) is 3.13. The summed E-state index contributed by atoms with van der Waals surface area (Å²) in [5.74, 6) is -4.55. The Labute approximate surface area is 88.8 Å². The van der Waals surface area contributed by atoms with Gasteiger partial charge in [-0.25, -0.2) is 18.0 Å². The van der Waals surface area contributed by atoms with Crippen LogP contribution in [0.1, 0.15) is 11.1 Å². The van der Waals surface area contributed by atoms with Crippen molar-refractivity contribution in [2.75, 3.05) is 0 Å². The van der Waals surface area contributed by atoms with Gasteiger partial charge in [-0.15, -0.1) is 0 Å². The molecule has 0 unspecified atom stereocenters. The van der Waals surface area contributed by atoms with Gasteiger partial charge in [-0.3, -0.25) is 0 Å². The van der Waals surface area contributed by atoms with Gasteiger partial charge in [0.05, 0.1) is 30.7 Å². The highest BCUT2D eigenvalue weighted by Crippen LogP contribution is 2.31. The summed E-state index contributed by atoms with van der Waals surface area (Å²) in [6, 6.07) is 2.72. The maximum atomic E-state index is 13.4. The Morgan fingerprint density at radius 1 is 1.12 bits per heavy atom. The van der Waals surface area contributed by atoms with Crippen LogP contribution in [0, 0.1) is 46.7 Å². The topological polar surface area (TPSA) is 51.9 Å². The molecule has 0 amide bonds. The van der Waals surface area contributed by atoms with Gasteiger partial charge in [0.1, 0.15) is 5.82 Å². The smallest absolute Gasteiger partial charge is 0.233 e. The van der Waals surface area contributed by atoms with Crippen molar-refractivity contribution in [2.24, 2.45) is 0 Å². The molecule has 1 aromatic carbocycles. The fraction of sp³-hybridized carbons (Fsp3) is 0.100. The van der Waals surface area contributed by atoms with E-state index in [9.17, 15) is 13.2 Å². The largest absolute Gasteiger partial charge is 0.245 e. The van der Waals surface area contributed by atoms with Gasteiger partial charge < -0.3 is 0 Å². The SMILES string of the molecule is [C-]#[N+]c1c(F)c(F)c(CC#N)c(F)c1C#N. The van der Waals surface area contributed by atoms with Gasteiger partial charge in [-0.05, 0) is 0 Å². The summed E-state index contributed by atoms with van der Waals surface area (Å²) >= 11 is 0. The van der Waals surface area contributed by atoms with E-state index in [-0.39, 0.29) is 0 Å². The van der Waals surface area contributed by atoms with Crippen molar-refractivity contribution < 1.29 is 13.2 Å². The molecule has 0 aromatic heterocycles. The minimum absolute atomic E-state index is 0.707. The van der Waals surface area contributed by atoms with Crippen molar-refractivity contribution in [2.45, 2.75) is 6.42 Å². The minimum Gasteiger partial charge on any atom is -0.233 e. The summed E-state index contributed by atoms with van der Waals surface area (Å²) < 4.78 is 39.8. The third kappa shape index (κ3) is 1.55. The van der Waals surface area contributed by atoms with Crippen molar-refractivity contribution in [1.29, 1.82) is 10.5 Å². The maximum absolute atomic E-state index is 13.4. The zero-order chi connectivity index (χ0) is 12.3. The lowest BCUT2D eigenvalue weighted by Gasteiger charge is -2.06. The molecular weight excluding hydrogens is 219 g/mol. The molecule has 0 saturated heterocycles. The Hall–Kier alpha value is -2.52. The van der Waals surface area contributed by atoms with E-state index in [0.717, 1.165) is 0 Å². The number of benzene rings is 1. The maximum Gasteiger partial charge on any atom is 0.245 e. The normalized spacial score (nSPS) is 9.00. The van der Waals surface area contributed by atoms with E-state index >= 15 is 0 Å². The molecule has 3 nitrogen and oxygen atoms in total. The van der Waals surface area contributed by atoms with Crippen molar-refractivity contribution in [3.63, 3.8) is 0 Å². The first kappa shape index (κ1) is 11.6. The average Bonchev–Trinajstić information content (AvgIpc) is 2.29. The van der Waals surface area contributed by atoms with Crippen LogP contribution in [0.25, 0.3) is 4.85 Å². The summed E-state index contributed by atoms with van der Waals surface area (Å²) in [6.45, 7) is 6.53. The second kappa shape index (κ2) is 4.33. The summed E-state index contributed by atoms with van der Waals surface area (Å²) in [4.78, 5) is 2.55. The first-order valence-electron chi connectivity index (χ1n) is 3.92. The average molecular weight is 221 g/mol. The first-order valence-corrected chi connectivity index (χ1v) is 3.92. The molecule has 78 valence electrons. The van der Waals surface area contributed by atoms with E-state index in [2.05, 4.69) is 4.85 Å². The van der Waals surface area contributed by atoms with E-state index < -0.39 is 40.7 Å². The Balaban J connectivity index is 3.74. The first-order chi connectivity index (χ1) is 7.58. The predicted molar refractivity (Wildman–Crippen MR) is 46.6 cm³/mol. The second-order valence-corrected chi connectivity index (χ2v) is 2.70. The van der Waals surface area contributed by atoms with Crippen LogP contribution in [0.4, 0.5) is 18.9 Å². The van der Waals surface area contributed by atoms with Gasteiger partial charge >= 0.3 is 0 Å². The molecule has 1 aromatic rings. The predicted octanol–water partition coefficient (Wildman–Crippen LogP) is 2.59. The van der Waals surface area contributed by atoms with Gasteiger partial charge in [-0.1, -0.05) is 0 Å². The third-order valence-electron chi connectivity index (χ3n) is 1.87. The molecule has 0 atom stereocenters. The highest BCUT2D eigenvalue weighted by Gasteiger charge is 2.24. The second-order valence-electron chi connectivity index (χ2n) is 2.70. The molecular formula is C10H2F3N3. The van der Waals surface area contributed by atoms with Crippen molar-refractivity contribution in [3.8, 4) is 12.1 Å². The number of nitriles is 2. The third-order valence-corrected chi connectivity index (χ3v) is 1.87. The van der Waals surface area contributed by atoms with Crippen molar-refractivity contribution >= 4 is 5.69 Å². The molecule has 0 aliphatic carbocycles. The monoisotopic (exact) mass is 221 g/mol. The minimum atomic E-state index is -1.60. The molecule has 0 radical (unpaired) electrons. The number of hydrogen-bond acceptors (Lipinski definition) is 2. The zero-order valence-corrected chi connectivity index (χ0v) is 7.68. The molecule has 0 spiro atoms. The molecule has 0 N–H and O–H groups in total. The van der Waals surface area contributed by atoms with Crippen LogP contribution in [0.15, 0.2) is 0 Å². The fourth-order valence-corrected chi connectivity index (χ4v) is 1.14. The molecule has 16 heavy (non-hydrogen) atoms. The van der Waals surface area contributed by atoms with Crippen molar-refractivity contribution in [3.05, 3.63) is 40.0 Å². The van der Waals surface area contributed by atoms with E-state index in [0.29, 0.717) is 0 Å². The van der Waals surface area contributed by atoms with E-state index in [1.165, 1.54) is 12.1 Å². The van der Waals surface area contributed by atoms with Gasteiger partial charge in [0.25, 0.3) is 0 Å². The summed E-state index contributed by atoms with van der Waals surface area (Å²) in [5, 5.41) is 16.8. The quantitative estimate of drug-likeness (QED) is 0.540. The zero-order valence-electron chi connectivity index (χ0n) is 7.68. The lowest BCUT2D eigenvalue weighted by atomic mass is 10.0. The molecule has 0 heterocycles. The standard InChI is InChI=1S/C10H2F3N3/c1-16-10-6(4-15)7(11)5(2-3-14)8(12)9(10)13/h2H2. The van der Waals surface area contributed by atoms with Crippen LogP contribution in [-0.2, 0) is 6.42 Å². The molecule has 0 aliphatic heterocycles. The molecule has 1 rings (SSSR count). The molecule has 0 fully saturated rings. The molecule has 0 bridgehead atoms. The summed E-state index contributed by atoms with van der Waals surface area (Å²) in [7, 11) is 0. The van der Waals surface area contributed by atoms with Gasteiger partial charge in [0, 0.05) is 5.56 Å². The number of hydrogen-bond donors (Lipinski definition) is 0. The number of halogens is 3. The van der Waals surface area contributed by atoms with Crippen molar-refractivity contribution in [1.82, 2.24) is 0 Å². The number of rotatable bonds is 1. The van der Waals surface area contributed by atoms with Crippen LogP contribution >= 0.6 is 0 Å². The van der Waals surface area contributed by atoms with Crippen LogP contribution in [0.5, 0.6) is 0 Å². The van der Waals surface area contributed by atoms with Crippen LogP contribution in [-0.4, -0.2) is 0 Å². The van der Waals surface area contributed by atoms with Crippen LogP contribution in [0.3, 0.4) is 0 Å². The van der Waals surface area contributed by atoms with Gasteiger partial charge in [0.15, 0.2) is 11.6 Å². The lowest BCUT2D eigenvalue weighted by molar-refractivity contribution is 0.486. The van der Waals surface area contributed by atoms with E-state index in [1.54, 1.807) is 0 Å². The summed E-state index contributed by atoms with van der Waals surface area (Å²) in [6.07, 6.45) is -0.707. The molecule has 0 aliphatic rings. The molecule has 6 heteroatoms. The van der Waals surface area contributed by atoms with Gasteiger partial charge in [0.2, 0.25) is 5.69 Å². The Bertz CT molecular complexity index is 573. The number of nitrogens with zero attached hydrogens (tertiary/aromatic N) is 3. The Morgan fingerprint density at radius 2 is 1.75 bits per heavy atom. The van der Waals surface area contributed by atoms with E-state index in [4.69, 9.17) is 17.1 Å². The Morgan fingerprint density at radius 3 is 2.19 bits per heavy atom. The molecule has 0 saturated carbocycles. The highest BCUT2D eigenvalue weighted by molar-refractivity contribution is 5.62. The van der Waals surface area contributed by atoms with Gasteiger partial charge in [-0.2, -0.15) is 10.5 Å². The fourth-order valence-electron chi connectivity index (χ4n) is 1.14. The van der Waals surface area contributed by atoms with E-state index in [1.807, 2.05) is 0 Å². The van der Waals surface area contributed by atoms with Crippen LogP contribution in [0.2, 0.25) is 0 Å². The lowest BCUT2D eigenvalue weighted by Crippen LogP contribution is -2.02. The highest BCUT2D eigenvalue weighted by atomic mass is 19.2.